The van der Waals surface area contributed by atoms with Crippen molar-refractivity contribution < 1.29 is 4.74 Å². The highest BCUT2D eigenvalue weighted by Crippen LogP contribution is 2.30. The maximum atomic E-state index is 6.12. The van der Waals surface area contributed by atoms with Crippen molar-refractivity contribution >= 4 is 18.4 Å². The van der Waals surface area contributed by atoms with E-state index in [1.54, 1.807) is 12.3 Å². The molecule has 30 heavy (non-hydrogen) atoms. The first kappa shape index (κ1) is 19.4. The largest absolute Gasteiger partial charge is 0.438 e. The Morgan fingerprint density at radius 1 is 1.03 bits per heavy atom. The van der Waals surface area contributed by atoms with Crippen LogP contribution in [-0.4, -0.2) is 21.3 Å². The SMILES string of the molecule is C=NCc1ccc(Nc2nccc(Oc3c(C)cc(-n4cccc4)cc3C)n2)cc1. The lowest BCUT2D eigenvalue weighted by molar-refractivity contribution is 0.455. The molecule has 2 aromatic heterocycles. The summed E-state index contributed by atoms with van der Waals surface area (Å²) >= 11 is 0. The average molecular weight is 397 g/mol. The number of hydrogen-bond donors (Lipinski definition) is 1. The Morgan fingerprint density at radius 2 is 1.73 bits per heavy atom. The van der Waals surface area contributed by atoms with Crippen LogP contribution in [0, 0.1) is 13.8 Å². The number of aromatic nitrogens is 3. The summed E-state index contributed by atoms with van der Waals surface area (Å²) in [5, 5.41) is 3.20. The third-order valence-electron chi connectivity index (χ3n) is 4.69. The van der Waals surface area contributed by atoms with Gasteiger partial charge in [-0.05, 0) is 73.7 Å². The van der Waals surface area contributed by atoms with Gasteiger partial charge in [0.05, 0.1) is 6.54 Å². The molecule has 4 aromatic rings. The molecule has 0 aliphatic rings. The monoisotopic (exact) mass is 397 g/mol. The normalized spacial score (nSPS) is 10.6. The number of aliphatic imine (C=N–C) groups is 1. The number of anilines is 2. The molecule has 4 rings (SSSR count). The molecule has 2 aromatic carbocycles. The highest BCUT2D eigenvalue weighted by Gasteiger charge is 2.10. The molecule has 6 heteroatoms. The Bertz CT molecular complexity index is 1130. The van der Waals surface area contributed by atoms with Crippen molar-refractivity contribution in [2.45, 2.75) is 20.4 Å². The van der Waals surface area contributed by atoms with Gasteiger partial charge in [-0.15, -0.1) is 0 Å². The number of rotatable bonds is 7. The minimum absolute atomic E-state index is 0.473. The first-order chi connectivity index (χ1) is 14.6. The van der Waals surface area contributed by atoms with Crippen LogP contribution in [0.5, 0.6) is 11.6 Å². The summed E-state index contributed by atoms with van der Waals surface area (Å²) in [6, 6.07) is 17.9. The predicted molar refractivity (Wildman–Crippen MR) is 120 cm³/mol. The van der Waals surface area contributed by atoms with Crippen LogP contribution in [0.2, 0.25) is 0 Å². The second-order valence-electron chi connectivity index (χ2n) is 7.02. The number of nitrogens with zero attached hydrogens (tertiary/aromatic N) is 4. The van der Waals surface area contributed by atoms with Gasteiger partial charge in [-0.25, -0.2) is 4.98 Å². The van der Waals surface area contributed by atoms with E-state index in [1.165, 1.54) is 0 Å². The molecule has 0 radical (unpaired) electrons. The number of aryl methyl sites for hydroxylation is 2. The topological polar surface area (TPSA) is 64.3 Å². The van der Waals surface area contributed by atoms with Crippen LogP contribution < -0.4 is 10.1 Å². The smallest absolute Gasteiger partial charge is 0.230 e. The summed E-state index contributed by atoms with van der Waals surface area (Å²) in [5.74, 6) is 1.76. The summed E-state index contributed by atoms with van der Waals surface area (Å²) in [7, 11) is 0. The molecule has 0 aliphatic carbocycles. The fourth-order valence-electron chi connectivity index (χ4n) is 3.26. The molecule has 0 aliphatic heterocycles. The van der Waals surface area contributed by atoms with E-state index in [0.29, 0.717) is 18.4 Å². The lowest BCUT2D eigenvalue weighted by Gasteiger charge is -2.14. The van der Waals surface area contributed by atoms with E-state index < -0.39 is 0 Å². The predicted octanol–water partition coefficient (Wildman–Crippen LogP) is 5.62. The third kappa shape index (κ3) is 4.38. The standard InChI is InChI=1S/C24H23N5O/c1-17-14-21(29-12-4-5-13-29)15-18(2)23(17)30-22-10-11-26-24(28-22)27-20-8-6-19(7-9-20)16-25-3/h4-15H,3,16H2,1-2H3,(H,26,27,28). The van der Waals surface area contributed by atoms with Crippen LogP contribution in [0.4, 0.5) is 11.6 Å². The number of nitrogens with one attached hydrogen (secondary N) is 1. The van der Waals surface area contributed by atoms with Gasteiger partial charge < -0.3 is 14.6 Å². The molecular formula is C24H23N5O. The van der Waals surface area contributed by atoms with Gasteiger partial charge in [0, 0.05) is 36.0 Å². The highest BCUT2D eigenvalue weighted by atomic mass is 16.5. The zero-order valence-electron chi connectivity index (χ0n) is 17.0. The molecule has 0 bridgehead atoms. The molecule has 0 saturated carbocycles. The Kier molecular flexibility index (Phi) is 5.57. The van der Waals surface area contributed by atoms with Crippen molar-refractivity contribution in [3.63, 3.8) is 0 Å². The second-order valence-corrected chi connectivity index (χ2v) is 7.02. The first-order valence-corrected chi connectivity index (χ1v) is 9.66. The summed E-state index contributed by atoms with van der Waals surface area (Å²) < 4.78 is 8.20. The van der Waals surface area contributed by atoms with Crippen LogP contribution in [0.3, 0.4) is 0 Å². The van der Waals surface area contributed by atoms with Gasteiger partial charge >= 0.3 is 0 Å². The molecule has 0 spiro atoms. The summed E-state index contributed by atoms with van der Waals surface area (Å²) in [4.78, 5) is 12.7. The third-order valence-corrected chi connectivity index (χ3v) is 4.69. The van der Waals surface area contributed by atoms with Crippen molar-refractivity contribution in [2.24, 2.45) is 4.99 Å². The van der Waals surface area contributed by atoms with E-state index in [-0.39, 0.29) is 0 Å². The van der Waals surface area contributed by atoms with Gasteiger partial charge in [0.2, 0.25) is 11.8 Å². The minimum atomic E-state index is 0.473. The molecule has 0 unspecified atom stereocenters. The minimum Gasteiger partial charge on any atom is -0.438 e. The average Bonchev–Trinajstić information content (AvgIpc) is 3.28. The lowest BCUT2D eigenvalue weighted by atomic mass is 10.1. The number of hydrogen-bond acceptors (Lipinski definition) is 5. The summed E-state index contributed by atoms with van der Waals surface area (Å²) in [6.07, 6.45) is 5.73. The van der Waals surface area contributed by atoms with Gasteiger partial charge in [-0.2, -0.15) is 4.98 Å². The number of benzene rings is 2. The maximum absolute atomic E-state index is 6.12. The van der Waals surface area contributed by atoms with Crippen LogP contribution in [0.15, 0.2) is 78.2 Å². The molecule has 0 atom stereocenters. The van der Waals surface area contributed by atoms with Crippen molar-refractivity contribution in [2.75, 3.05) is 5.32 Å². The summed E-state index contributed by atoms with van der Waals surface area (Å²) in [5.41, 5.74) is 5.17. The highest BCUT2D eigenvalue weighted by molar-refractivity contribution is 5.54. The van der Waals surface area contributed by atoms with E-state index in [9.17, 15) is 0 Å². The van der Waals surface area contributed by atoms with Crippen LogP contribution in [-0.2, 0) is 6.54 Å². The first-order valence-electron chi connectivity index (χ1n) is 9.66. The molecule has 6 nitrogen and oxygen atoms in total. The fraction of sp³-hybridized carbons (Fsp3) is 0.125. The molecule has 0 saturated heterocycles. The molecule has 0 fully saturated rings. The molecule has 1 N–H and O–H groups in total. The van der Waals surface area contributed by atoms with E-state index >= 15 is 0 Å². The van der Waals surface area contributed by atoms with Crippen molar-refractivity contribution in [1.29, 1.82) is 0 Å². The maximum Gasteiger partial charge on any atom is 0.230 e. The number of ether oxygens (including phenoxy) is 1. The van der Waals surface area contributed by atoms with E-state index in [0.717, 1.165) is 33.8 Å². The zero-order chi connectivity index (χ0) is 20.9. The Hall–Kier alpha value is -3.93. The molecular weight excluding hydrogens is 374 g/mol. The molecule has 150 valence electrons. The van der Waals surface area contributed by atoms with Crippen molar-refractivity contribution in [1.82, 2.24) is 14.5 Å². The summed E-state index contributed by atoms with van der Waals surface area (Å²) in [6.45, 7) is 8.19. The van der Waals surface area contributed by atoms with Gasteiger partial charge in [0.1, 0.15) is 5.75 Å². The second kappa shape index (κ2) is 8.61. The Labute approximate surface area is 175 Å². The van der Waals surface area contributed by atoms with Crippen LogP contribution in [0.1, 0.15) is 16.7 Å². The van der Waals surface area contributed by atoms with E-state index in [4.69, 9.17) is 4.74 Å². The van der Waals surface area contributed by atoms with Gasteiger partial charge in [0.15, 0.2) is 0 Å². The zero-order valence-corrected chi connectivity index (χ0v) is 17.0. The van der Waals surface area contributed by atoms with Crippen LogP contribution in [0.25, 0.3) is 5.69 Å². The van der Waals surface area contributed by atoms with E-state index in [2.05, 4.69) is 43.7 Å². The Morgan fingerprint density at radius 3 is 2.40 bits per heavy atom. The lowest BCUT2D eigenvalue weighted by Crippen LogP contribution is -2.00. The van der Waals surface area contributed by atoms with Gasteiger partial charge in [0.25, 0.3) is 0 Å². The Balaban J connectivity index is 1.52. The van der Waals surface area contributed by atoms with Crippen molar-refractivity contribution in [3.8, 4) is 17.3 Å². The van der Waals surface area contributed by atoms with Crippen LogP contribution >= 0.6 is 0 Å². The van der Waals surface area contributed by atoms with Gasteiger partial charge in [-0.1, -0.05) is 12.1 Å². The fourth-order valence-corrected chi connectivity index (χ4v) is 3.26. The molecule has 2 heterocycles. The van der Waals surface area contributed by atoms with Crippen molar-refractivity contribution in [3.05, 3.63) is 89.9 Å². The quantitative estimate of drug-likeness (QED) is 0.411. The molecule has 0 amide bonds. The van der Waals surface area contributed by atoms with Gasteiger partial charge in [-0.3, -0.25) is 4.99 Å². The van der Waals surface area contributed by atoms with E-state index in [1.807, 2.05) is 62.6 Å².